The fourth-order valence-electron chi connectivity index (χ4n) is 2.29. The summed E-state index contributed by atoms with van der Waals surface area (Å²) in [7, 11) is 0. The van der Waals surface area contributed by atoms with E-state index in [0.29, 0.717) is 17.3 Å². The zero-order chi connectivity index (χ0) is 14.9. The lowest BCUT2D eigenvalue weighted by Crippen LogP contribution is -2.06. The van der Waals surface area contributed by atoms with E-state index >= 15 is 0 Å². The van der Waals surface area contributed by atoms with E-state index in [0.717, 1.165) is 48.1 Å². The van der Waals surface area contributed by atoms with Gasteiger partial charge in [-0.15, -0.1) is 5.10 Å². The van der Waals surface area contributed by atoms with E-state index in [9.17, 15) is 0 Å². The topological polar surface area (TPSA) is 95.6 Å². The molecule has 3 aromatic heterocycles. The SMILES string of the molecule is Nc1nc(C2CC2)nc2c1nnn2CCSCc1ccco1. The molecular weight excluding hydrogens is 300 g/mol. The van der Waals surface area contributed by atoms with E-state index in [1.807, 2.05) is 16.8 Å². The second-order valence-corrected chi connectivity index (χ2v) is 6.46. The minimum Gasteiger partial charge on any atom is -0.468 e. The zero-order valence-electron chi connectivity index (χ0n) is 12.0. The highest BCUT2D eigenvalue weighted by atomic mass is 32.2. The van der Waals surface area contributed by atoms with Gasteiger partial charge in [-0.2, -0.15) is 11.8 Å². The Kier molecular flexibility index (Phi) is 3.45. The van der Waals surface area contributed by atoms with Crippen molar-refractivity contribution >= 4 is 28.7 Å². The van der Waals surface area contributed by atoms with Crippen molar-refractivity contribution in [2.24, 2.45) is 0 Å². The number of rotatable bonds is 6. The van der Waals surface area contributed by atoms with Crippen LogP contribution in [0.4, 0.5) is 5.82 Å². The molecule has 0 amide bonds. The molecule has 1 aliphatic rings. The highest BCUT2D eigenvalue weighted by Gasteiger charge is 2.28. The maximum absolute atomic E-state index is 5.97. The molecule has 4 rings (SSSR count). The van der Waals surface area contributed by atoms with Crippen LogP contribution in [0.5, 0.6) is 0 Å². The molecule has 0 aliphatic heterocycles. The summed E-state index contributed by atoms with van der Waals surface area (Å²) in [6, 6.07) is 3.88. The number of anilines is 1. The molecule has 0 bridgehead atoms. The van der Waals surface area contributed by atoms with E-state index < -0.39 is 0 Å². The molecular formula is C14H16N6OS. The summed E-state index contributed by atoms with van der Waals surface area (Å²) in [5.74, 6) is 4.46. The first-order valence-corrected chi connectivity index (χ1v) is 8.43. The van der Waals surface area contributed by atoms with Crippen LogP contribution in [0.25, 0.3) is 11.2 Å². The smallest absolute Gasteiger partial charge is 0.184 e. The Morgan fingerprint density at radius 1 is 1.36 bits per heavy atom. The van der Waals surface area contributed by atoms with Crippen molar-refractivity contribution in [2.75, 3.05) is 11.5 Å². The average molecular weight is 316 g/mol. The monoisotopic (exact) mass is 316 g/mol. The number of nitrogen functional groups attached to an aromatic ring is 1. The summed E-state index contributed by atoms with van der Waals surface area (Å²) in [6.45, 7) is 0.739. The predicted molar refractivity (Wildman–Crippen MR) is 84.4 cm³/mol. The lowest BCUT2D eigenvalue weighted by molar-refractivity contribution is 0.530. The van der Waals surface area contributed by atoms with Crippen LogP contribution in [0.3, 0.4) is 0 Å². The second-order valence-electron chi connectivity index (χ2n) is 5.36. The van der Waals surface area contributed by atoms with E-state index in [1.165, 1.54) is 0 Å². The number of furan rings is 1. The standard InChI is InChI=1S/C14H16N6OS/c15-12-11-14(17-13(16-12)9-3-4-9)20(19-18-11)5-7-22-8-10-2-1-6-21-10/h1-2,6,9H,3-5,7-8H2,(H2,15,16,17). The second kappa shape index (κ2) is 5.60. The number of aryl methyl sites for hydroxylation is 1. The quantitative estimate of drug-likeness (QED) is 0.696. The first-order valence-electron chi connectivity index (χ1n) is 7.28. The van der Waals surface area contributed by atoms with Crippen LogP contribution < -0.4 is 5.73 Å². The minimum absolute atomic E-state index is 0.432. The van der Waals surface area contributed by atoms with Gasteiger partial charge in [0.15, 0.2) is 17.0 Å². The largest absolute Gasteiger partial charge is 0.468 e. The summed E-state index contributed by atoms with van der Waals surface area (Å²) < 4.78 is 7.13. The van der Waals surface area contributed by atoms with Gasteiger partial charge < -0.3 is 10.2 Å². The Bertz CT molecular complexity index is 780. The summed E-state index contributed by atoms with van der Waals surface area (Å²) in [5.41, 5.74) is 7.31. The van der Waals surface area contributed by atoms with Gasteiger partial charge in [0.1, 0.15) is 11.6 Å². The van der Waals surface area contributed by atoms with Crippen molar-refractivity contribution in [1.82, 2.24) is 25.0 Å². The van der Waals surface area contributed by atoms with Gasteiger partial charge >= 0.3 is 0 Å². The van der Waals surface area contributed by atoms with Crippen molar-refractivity contribution in [1.29, 1.82) is 0 Å². The van der Waals surface area contributed by atoms with Gasteiger partial charge in [0.2, 0.25) is 0 Å². The minimum atomic E-state index is 0.432. The van der Waals surface area contributed by atoms with Gasteiger partial charge in [-0.05, 0) is 25.0 Å². The van der Waals surface area contributed by atoms with Gasteiger partial charge in [0, 0.05) is 11.7 Å². The highest BCUT2D eigenvalue weighted by molar-refractivity contribution is 7.98. The molecule has 8 heteroatoms. The fraction of sp³-hybridized carbons (Fsp3) is 0.429. The van der Waals surface area contributed by atoms with E-state index in [2.05, 4.69) is 20.3 Å². The van der Waals surface area contributed by atoms with Crippen LogP contribution >= 0.6 is 11.8 Å². The van der Waals surface area contributed by atoms with Crippen LogP contribution in [0.1, 0.15) is 30.3 Å². The normalized spacial score (nSPS) is 14.7. The first kappa shape index (κ1) is 13.6. The summed E-state index contributed by atoms with van der Waals surface area (Å²) in [5, 5.41) is 8.26. The third kappa shape index (κ3) is 2.66. The average Bonchev–Trinajstić information content (AvgIpc) is 3.08. The number of nitrogens with two attached hydrogens (primary N) is 1. The molecule has 22 heavy (non-hydrogen) atoms. The Morgan fingerprint density at radius 3 is 3.05 bits per heavy atom. The van der Waals surface area contributed by atoms with Crippen molar-refractivity contribution in [3.05, 3.63) is 30.0 Å². The zero-order valence-corrected chi connectivity index (χ0v) is 12.8. The van der Waals surface area contributed by atoms with Crippen LogP contribution in [-0.2, 0) is 12.3 Å². The van der Waals surface area contributed by atoms with E-state index in [4.69, 9.17) is 10.2 Å². The molecule has 1 aliphatic carbocycles. The molecule has 3 heterocycles. The van der Waals surface area contributed by atoms with Crippen LogP contribution in [0.2, 0.25) is 0 Å². The fourth-order valence-corrected chi connectivity index (χ4v) is 3.10. The molecule has 0 atom stereocenters. The van der Waals surface area contributed by atoms with Crippen molar-refractivity contribution in [3.8, 4) is 0 Å². The number of aromatic nitrogens is 5. The molecule has 0 radical (unpaired) electrons. The Labute approximate surface area is 131 Å². The third-order valence-corrected chi connectivity index (χ3v) is 4.58. The number of hydrogen-bond acceptors (Lipinski definition) is 7. The van der Waals surface area contributed by atoms with Crippen molar-refractivity contribution in [3.63, 3.8) is 0 Å². The van der Waals surface area contributed by atoms with Crippen LogP contribution in [-0.4, -0.2) is 30.7 Å². The molecule has 0 spiro atoms. The van der Waals surface area contributed by atoms with E-state index in [1.54, 1.807) is 18.0 Å². The molecule has 0 aromatic carbocycles. The summed E-state index contributed by atoms with van der Waals surface area (Å²) in [4.78, 5) is 8.95. The molecule has 1 saturated carbocycles. The number of hydrogen-bond donors (Lipinski definition) is 1. The van der Waals surface area contributed by atoms with E-state index in [-0.39, 0.29) is 0 Å². The highest BCUT2D eigenvalue weighted by Crippen LogP contribution is 2.38. The van der Waals surface area contributed by atoms with Gasteiger partial charge in [-0.25, -0.2) is 14.6 Å². The lowest BCUT2D eigenvalue weighted by atomic mass is 10.3. The molecule has 0 saturated heterocycles. The summed E-state index contributed by atoms with van der Waals surface area (Å²) in [6.07, 6.45) is 3.98. The molecule has 1 fully saturated rings. The number of nitrogens with zero attached hydrogens (tertiary/aromatic N) is 5. The third-order valence-electron chi connectivity index (χ3n) is 3.62. The Balaban J connectivity index is 1.46. The molecule has 7 nitrogen and oxygen atoms in total. The number of thioether (sulfide) groups is 1. The van der Waals surface area contributed by atoms with Gasteiger partial charge in [0.05, 0.1) is 18.6 Å². The van der Waals surface area contributed by atoms with Gasteiger partial charge in [0.25, 0.3) is 0 Å². The van der Waals surface area contributed by atoms with Crippen molar-refractivity contribution in [2.45, 2.75) is 31.1 Å². The molecule has 114 valence electrons. The maximum Gasteiger partial charge on any atom is 0.184 e. The molecule has 3 aromatic rings. The molecule has 2 N–H and O–H groups in total. The van der Waals surface area contributed by atoms with Crippen molar-refractivity contribution < 1.29 is 4.42 Å². The van der Waals surface area contributed by atoms with Gasteiger partial charge in [-0.1, -0.05) is 5.21 Å². The van der Waals surface area contributed by atoms with Crippen LogP contribution in [0.15, 0.2) is 22.8 Å². The predicted octanol–water partition coefficient (Wildman–Crippen LogP) is 2.21. The number of fused-ring (bicyclic) bond motifs is 1. The Hall–Kier alpha value is -2.09. The Morgan fingerprint density at radius 2 is 2.27 bits per heavy atom. The maximum atomic E-state index is 5.97. The van der Waals surface area contributed by atoms with Gasteiger partial charge in [-0.3, -0.25) is 0 Å². The summed E-state index contributed by atoms with van der Waals surface area (Å²) >= 11 is 1.79. The molecule has 0 unspecified atom stereocenters. The van der Waals surface area contributed by atoms with Crippen LogP contribution in [0, 0.1) is 0 Å². The lowest BCUT2D eigenvalue weighted by Gasteiger charge is -2.03. The first-order chi connectivity index (χ1) is 10.8.